The number of aliphatic imine (C=N–C) groups is 6. The molecule has 0 aliphatic rings. The normalized spacial score (nSPS) is 7.12. The molecule has 0 spiro atoms. The van der Waals surface area contributed by atoms with Crippen LogP contribution in [0.1, 0.15) is 83.1 Å². The van der Waals surface area contributed by atoms with Gasteiger partial charge < -0.3 is 29.5 Å². The number of carboxylic acids is 3. The molecular formula is C30H60N6O12Y3. The third kappa shape index (κ3) is 88.0. The molecule has 3 N–H and O–H groups in total. The van der Waals surface area contributed by atoms with Gasteiger partial charge in [-0.3, -0.25) is 28.8 Å². The van der Waals surface area contributed by atoms with Gasteiger partial charge >= 0.3 is 35.8 Å². The van der Waals surface area contributed by atoms with Gasteiger partial charge in [0.05, 0.1) is 117 Å². The van der Waals surface area contributed by atoms with Crippen LogP contribution >= 0.6 is 0 Å². The predicted octanol–water partition coefficient (Wildman–Crippen LogP) is 4.40. The van der Waals surface area contributed by atoms with Crippen molar-refractivity contribution >= 4 is 53.8 Å². The van der Waals surface area contributed by atoms with Crippen molar-refractivity contribution in [2.75, 3.05) is 60.6 Å². The number of hydrogen-bond acceptors (Lipinski definition) is 15. The fourth-order valence-electron chi connectivity index (χ4n) is 1.65. The van der Waals surface area contributed by atoms with Crippen LogP contribution in [0.5, 0.6) is 0 Å². The summed E-state index contributed by atoms with van der Waals surface area (Å²) >= 11 is 0. The average molecular weight is 964 g/mol. The first-order chi connectivity index (χ1) is 20.0. The molecule has 0 fully saturated rings. The van der Waals surface area contributed by atoms with E-state index in [9.17, 15) is 28.8 Å². The predicted molar refractivity (Wildman–Crippen MR) is 186 cm³/mol. The fourth-order valence-corrected chi connectivity index (χ4v) is 1.65. The van der Waals surface area contributed by atoms with Crippen molar-refractivity contribution in [3.05, 3.63) is 0 Å². The van der Waals surface area contributed by atoms with E-state index in [1.165, 1.54) is 21.3 Å². The third-order valence-electron chi connectivity index (χ3n) is 3.70. The Labute approximate surface area is 380 Å². The molecular weight excluding hydrogens is 903 g/mol. The van der Waals surface area contributed by atoms with Crippen molar-refractivity contribution < 1.29 is 156 Å². The van der Waals surface area contributed by atoms with E-state index in [4.69, 9.17) is 15.3 Å². The van der Waals surface area contributed by atoms with Crippen molar-refractivity contribution in [2.24, 2.45) is 30.0 Å². The quantitative estimate of drug-likeness (QED) is 0.0981. The van der Waals surface area contributed by atoms with Gasteiger partial charge in [-0.2, -0.15) is 0 Å². The van der Waals surface area contributed by atoms with E-state index in [1.807, 2.05) is 0 Å². The summed E-state index contributed by atoms with van der Waals surface area (Å²) in [4.78, 5) is 83.5. The van der Waals surface area contributed by atoms with E-state index in [1.54, 1.807) is 0 Å². The summed E-state index contributed by atoms with van der Waals surface area (Å²) in [6.45, 7) is 1.21. The molecule has 0 rings (SSSR count). The zero-order chi connectivity index (χ0) is 32.4. The van der Waals surface area contributed by atoms with Crippen LogP contribution in [0, 0.1) is 0 Å². The monoisotopic (exact) mass is 963 g/mol. The van der Waals surface area contributed by atoms with E-state index in [-0.39, 0.29) is 238 Å². The van der Waals surface area contributed by atoms with Crippen LogP contribution in [-0.4, -0.2) is 130 Å². The van der Waals surface area contributed by atoms with Crippen LogP contribution < -0.4 is 0 Å². The van der Waals surface area contributed by atoms with Crippen molar-refractivity contribution in [3.8, 4) is 0 Å². The minimum absolute atomic E-state index is 0. The zero-order valence-corrected chi connectivity index (χ0v) is 33.9. The maximum atomic E-state index is 10.6. The smallest absolute Gasteiger partial charge is 0.307 e. The standard InChI is InChI=1S/C9H14N2O4.C8H12N2O4.C7H10N2O4.6CH4.3Y/c1-14-8(12)3-5-10-7-11-6-4-9(13)15-2;1-14-8(13)3-5-10-6-9-4-2-7(11)12;10-6(11)1-3-8-5-9-4-2-7(12)13;;;;;;;;;/h3-6H2,1-2H3;2-5H2,1H3,(H,11,12);1-4H2,(H,10,11)(H,12,13);6*1H4;;;. The minimum Gasteiger partial charge on any atom is -0.481 e. The van der Waals surface area contributed by atoms with E-state index in [0.717, 1.165) is 0 Å². The minimum atomic E-state index is -0.934. The molecule has 0 saturated heterocycles. The molecule has 0 aliphatic heterocycles. The van der Waals surface area contributed by atoms with Gasteiger partial charge in [-0.05, 0) is 0 Å². The molecule has 21 heteroatoms. The molecule has 18 nitrogen and oxygen atoms in total. The SMILES string of the molecule is C.C.C.C.C.C.COC(=O)CCN=C=NCCC(=O)O.COC(=O)CCN=C=NCCC(=O)OC.O=C(O)CCN=C=NCCC(=O)O.[Y].[Y].[Y]. The van der Waals surface area contributed by atoms with Gasteiger partial charge in [-0.1, -0.05) is 44.6 Å². The Morgan fingerprint density at radius 3 is 0.686 bits per heavy atom. The summed E-state index contributed by atoms with van der Waals surface area (Å²) in [5.74, 6) is -3.77. The van der Waals surface area contributed by atoms with Crippen LogP contribution in [0.4, 0.5) is 0 Å². The first-order valence-electron chi connectivity index (χ1n) is 12.1. The Bertz CT molecular complexity index is 1000. The number of carbonyl (C=O) groups excluding carboxylic acids is 3. The van der Waals surface area contributed by atoms with Crippen molar-refractivity contribution in [1.82, 2.24) is 0 Å². The number of hydrogen-bond donors (Lipinski definition) is 3. The molecule has 291 valence electrons. The summed E-state index contributed by atoms with van der Waals surface area (Å²) in [6.07, 6.45) is 0.409. The second-order valence-electron chi connectivity index (χ2n) is 7.00. The maximum Gasteiger partial charge on any atom is 0.307 e. The van der Waals surface area contributed by atoms with E-state index in [2.05, 4.69) is 62.2 Å². The Morgan fingerprint density at radius 2 is 0.549 bits per heavy atom. The Hall–Kier alpha value is -1.73. The maximum absolute atomic E-state index is 10.6. The van der Waals surface area contributed by atoms with E-state index >= 15 is 0 Å². The van der Waals surface area contributed by atoms with Crippen LogP contribution in [0.3, 0.4) is 0 Å². The van der Waals surface area contributed by atoms with Gasteiger partial charge in [-0.15, -0.1) is 0 Å². The molecule has 0 amide bonds. The van der Waals surface area contributed by atoms with Gasteiger partial charge in [0.2, 0.25) is 0 Å². The third-order valence-corrected chi connectivity index (χ3v) is 3.70. The molecule has 0 bridgehead atoms. The molecule has 0 aromatic heterocycles. The molecule has 0 aliphatic carbocycles. The first-order valence-corrected chi connectivity index (χ1v) is 12.1. The van der Waals surface area contributed by atoms with Gasteiger partial charge in [-0.25, -0.2) is 30.0 Å². The molecule has 0 atom stereocenters. The second kappa shape index (κ2) is 66.5. The number of nitrogens with zero attached hydrogens (tertiary/aromatic N) is 6. The summed E-state index contributed by atoms with van der Waals surface area (Å²) in [7, 11) is 3.93. The second-order valence-corrected chi connectivity index (χ2v) is 7.00. The number of rotatable bonds is 18. The van der Waals surface area contributed by atoms with Crippen LogP contribution in [0.15, 0.2) is 30.0 Å². The number of aliphatic carboxylic acids is 3. The summed E-state index contributed by atoms with van der Waals surface area (Å²) in [5, 5.41) is 24.6. The Kier molecular flexibility index (Phi) is 108. The van der Waals surface area contributed by atoms with Crippen LogP contribution in [0.25, 0.3) is 0 Å². The number of esters is 3. The van der Waals surface area contributed by atoms with E-state index in [0.29, 0.717) is 0 Å². The van der Waals surface area contributed by atoms with Gasteiger partial charge in [0.1, 0.15) is 0 Å². The topological polar surface area (TPSA) is 265 Å². The molecule has 0 saturated carbocycles. The molecule has 3 radical (unpaired) electrons. The first kappa shape index (κ1) is 82.6. The number of carboxylic acid groups (broad SMARTS) is 3. The van der Waals surface area contributed by atoms with Crippen LogP contribution in [-0.2, 0) is 141 Å². The molecule has 0 unspecified atom stereocenters. The van der Waals surface area contributed by atoms with Gasteiger partial charge in [0, 0.05) is 98.1 Å². The number of carbonyl (C=O) groups is 6. The summed E-state index contributed by atoms with van der Waals surface area (Å²) in [5.41, 5.74) is 0. The van der Waals surface area contributed by atoms with Crippen LogP contribution in [0.2, 0.25) is 0 Å². The largest absolute Gasteiger partial charge is 0.481 e. The number of methoxy groups -OCH3 is 3. The van der Waals surface area contributed by atoms with Crippen molar-refractivity contribution in [2.45, 2.75) is 83.1 Å². The Morgan fingerprint density at radius 1 is 0.392 bits per heavy atom. The zero-order valence-electron chi connectivity index (χ0n) is 25.4. The molecule has 0 aromatic rings. The molecule has 51 heavy (non-hydrogen) atoms. The molecule has 0 heterocycles. The van der Waals surface area contributed by atoms with Gasteiger partial charge in [0.25, 0.3) is 0 Å². The van der Waals surface area contributed by atoms with Crippen molar-refractivity contribution in [3.63, 3.8) is 0 Å². The van der Waals surface area contributed by atoms with Crippen molar-refractivity contribution in [1.29, 1.82) is 0 Å². The van der Waals surface area contributed by atoms with Gasteiger partial charge in [0.15, 0.2) is 0 Å². The summed E-state index contributed by atoms with van der Waals surface area (Å²) < 4.78 is 13.2. The molecule has 0 aromatic carbocycles. The fraction of sp³-hybridized carbons (Fsp3) is 0.700. The number of ether oxygens (including phenoxy) is 3. The van der Waals surface area contributed by atoms with E-state index < -0.39 is 17.9 Å². The average Bonchev–Trinajstić information content (AvgIpc) is 2.95. The Balaban J connectivity index is -0.0000000412. The summed E-state index contributed by atoms with van der Waals surface area (Å²) in [6, 6.07) is 6.90.